The van der Waals surface area contributed by atoms with E-state index in [0.717, 1.165) is 42.5 Å². The summed E-state index contributed by atoms with van der Waals surface area (Å²) in [6.45, 7) is 3.09. The lowest BCUT2D eigenvalue weighted by atomic mass is 10.0. The molecule has 0 radical (unpaired) electrons. The molecule has 0 saturated heterocycles. The standard InChI is InChI=1S/C27H36N2O5/c1-3-34-20-24(30)13-9-4-5-10-14-25(31)28-23-17-15-21(16-18-23)19-29(2)26(27(32)33)22-11-7-6-8-12-22/h6-8,11-12,15-18,26H,3-5,9-10,13-14,19-20H2,1-2H3,(H,28,31)(H,32,33)/t26-/m0/s1. The number of aliphatic carboxylic acids is 1. The molecule has 0 saturated carbocycles. The van der Waals surface area contributed by atoms with Crippen LogP contribution in [0.5, 0.6) is 0 Å². The van der Waals surface area contributed by atoms with Gasteiger partial charge in [-0.25, -0.2) is 0 Å². The SMILES string of the molecule is CCOCC(=O)CCCCCCC(=O)Nc1ccc(CN(C)[C@H](C(=O)O)c2ccccc2)cc1. The maximum absolute atomic E-state index is 12.2. The second kappa shape index (κ2) is 15.0. The molecule has 0 aliphatic rings. The van der Waals surface area contributed by atoms with Crippen LogP contribution in [-0.4, -0.2) is 47.9 Å². The van der Waals surface area contributed by atoms with Crippen molar-refractivity contribution < 1.29 is 24.2 Å². The van der Waals surface area contributed by atoms with Crippen LogP contribution in [0.4, 0.5) is 5.69 Å². The van der Waals surface area contributed by atoms with Crippen LogP contribution < -0.4 is 5.32 Å². The summed E-state index contributed by atoms with van der Waals surface area (Å²) < 4.78 is 5.10. The highest BCUT2D eigenvalue weighted by molar-refractivity contribution is 5.90. The highest BCUT2D eigenvalue weighted by Gasteiger charge is 2.24. The molecule has 0 bridgehead atoms. The van der Waals surface area contributed by atoms with Crippen LogP contribution in [0.2, 0.25) is 0 Å². The summed E-state index contributed by atoms with van der Waals surface area (Å²) in [5.41, 5.74) is 2.41. The van der Waals surface area contributed by atoms with Crippen molar-refractivity contribution in [1.29, 1.82) is 0 Å². The molecule has 0 aromatic heterocycles. The molecule has 1 amide bonds. The number of unbranched alkanes of at least 4 members (excludes halogenated alkanes) is 3. The van der Waals surface area contributed by atoms with Gasteiger partial charge in [0.1, 0.15) is 12.6 Å². The van der Waals surface area contributed by atoms with E-state index in [1.54, 1.807) is 11.9 Å². The lowest BCUT2D eigenvalue weighted by molar-refractivity contribution is -0.143. The Morgan fingerprint density at radius 3 is 2.21 bits per heavy atom. The summed E-state index contributed by atoms with van der Waals surface area (Å²) in [5, 5.41) is 12.6. The number of nitrogens with zero attached hydrogens (tertiary/aromatic N) is 1. The third-order valence-electron chi connectivity index (χ3n) is 5.54. The first-order valence-electron chi connectivity index (χ1n) is 11.9. The average Bonchev–Trinajstić information content (AvgIpc) is 2.81. The van der Waals surface area contributed by atoms with Crippen LogP contribution in [0.3, 0.4) is 0 Å². The van der Waals surface area contributed by atoms with Crippen LogP contribution in [0.15, 0.2) is 54.6 Å². The third kappa shape index (κ3) is 9.85. The normalized spacial score (nSPS) is 11.9. The Bertz CT molecular complexity index is 899. The molecule has 1 atom stereocenters. The van der Waals surface area contributed by atoms with E-state index in [9.17, 15) is 19.5 Å². The van der Waals surface area contributed by atoms with Gasteiger partial charge in [-0.15, -0.1) is 0 Å². The highest BCUT2D eigenvalue weighted by Crippen LogP contribution is 2.22. The van der Waals surface area contributed by atoms with E-state index < -0.39 is 12.0 Å². The molecule has 7 heteroatoms. The molecule has 0 aliphatic carbocycles. The minimum absolute atomic E-state index is 0.0349. The van der Waals surface area contributed by atoms with E-state index in [-0.39, 0.29) is 18.3 Å². The van der Waals surface area contributed by atoms with Gasteiger partial charge in [0.15, 0.2) is 5.78 Å². The van der Waals surface area contributed by atoms with Crippen LogP contribution >= 0.6 is 0 Å². The van der Waals surface area contributed by atoms with Gasteiger partial charge < -0.3 is 15.2 Å². The number of anilines is 1. The summed E-state index contributed by atoms with van der Waals surface area (Å²) in [4.78, 5) is 37.3. The van der Waals surface area contributed by atoms with E-state index in [4.69, 9.17) is 4.74 Å². The molecule has 2 N–H and O–H groups in total. The molecular formula is C27H36N2O5. The Kier molecular flexibility index (Phi) is 12.0. The number of carboxylic acids is 1. The summed E-state index contributed by atoms with van der Waals surface area (Å²) in [6, 6.07) is 15.9. The van der Waals surface area contributed by atoms with Gasteiger partial charge in [0.25, 0.3) is 0 Å². The number of hydrogen-bond acceptors (Lipinski definition) is 5. The van der Waals surface area contributed by atoms with Gasteiger partial charge in [0.2, 0.25) is 5.91 Å². The molecule has 0 heterocycles. The molecule has 34 heavy (non-hydrogen) atoms. The molecule has 2 aromatic rings. The topological polar surface area (TPSA) is 95.9 Å². The van der Waals surface area contributed by atoms with E-state index in [1.807, 2.05) is 61.5 Å². The largest absolute Gasteiger partial charge is 0.480 e. The minimum atomic E-state index is -0.894. The summed E-state index contributed by atoms with van der Waals surface area (Å²) >= 11 is 0. The fraction of sp³-hybridized carbons (Fsp3) is 0.444. The molecule has 184 valence electrons. The number of likely N-dealkylation sites (N-methyl/N-ethyl adjacent to an activating group) is 1. The first-order valence-corrected chi connectivity index (χ1v) is 11.9. The summed E-state index contributed by atoms with van der Waals surface area (Å²) in [5.74, 6) is -0.796. The van der Waals surface area contributed by atoms with E-state index >= 15 is 0 Å². The van der Waals surface area contributed by atoms with Crippen molar-refractivity contribution >= 4 is 23.3 Å². The number of hydrogen-bond donors (Lipinski definition) is 2. The monoisotopic (exact) mass is 468 g/mol. The number of nitrogens with one attached hydrogen (secondary N) is 1. The van der Waals surface area contributed by atoms with Crippen LogP contribution in [0, 0.1) is 0 Å². The van der Waals surface area contributed by atoms with Crippen LogP contribution in [0.1, 0.15) is 62.6 Å². The third-order valence-corrected chi connectivity index (χ3v) is 5.54. The zero-order chi connectivity index (χ0) is 24.8. The first kappa shape index (κ1) is 27.2. The van der Waals surface area contributed by atoms with Gasteiger partial charge in [0, 0.05) is 31.7 Å². The maximum atomic E-state index is 12.2. The highest BCUT2D eigenvalue weighted by atomic mass is 16.5. The van der Waals surface area contributed by atoms with Gasteiger partial charge in [-0.3, -0.25) is 19.3 Å². The molecule has 7 nitrogen and oxygen atoms in total. The smallest absolute Gasteiger partial charge is 0.325 e. The van der Waals surface area contributed by atoms with Gasteiger partial charge in [-0.2, -0.15) is 0 Å². The van der Waals surface area contributed by atoms with Gasteiger partial charge >= 0.3 is 5.97 Å². The quantitative estimate of drug-likeness (QED) is 0.343. The Labute approximate surface area is 202 Å². The number of carbonyl (C=O) groups excluding carboxylic acids is 2. The Balaban J connectivity index is 1.72. The second-order valence-corrected chi connectivity index (χ2v) is 8.40. The first-order chi connectivity index (χ1) is 16.4. The van der Waals surface area contributed by atoms with Crippen molar-refractivity contribution in [3.8, 4) is 0 Å². The number of ketones is 1. The molecule has 0 unspecified atom stereocenters. The van der Waals surface area contributed by atoms with Crippen molar-refractivity contribution in [2.75, 3.05) is 25.6 Å². The predicted octanol–water partition coefficient (Wildman–Crippen LogP) is 4.83. The summed E-state index contributed by atoms with van der Waals surface area (Å²) in [6.07, 6.45) is 4.42. The average molecular weight is 469 g/mol. The molecule has 2 rings (SSSR count). The molecule has 0 spiro atoms. The summed E-state index contributed by atoms with van der Waals surface area (Å²) in [7, 11) is 1.79. The number of Topliss-reactive ketones (excluding diaryl/α,β-unsaturated/α-hetero) is 1. The zero-order valence-electron chi connectivity index (χ0n) is 20.2. The number of benzene rings is 2. The molecule has 0 aliphatic heterocycles. The van der Waals surface area contributed by atoms with Crippen LogP contribution in [0.25, 0.3) is 0 Å². The van der Waals surface area contributed by atoms with Crippen molar-refractivity contribution in [2.24, 2.45) is 0 Å². The number of amides is 1. The van der Waals surface area contributed by atoms with E-state index in [0.29, 0.717) is 26.0 Å². The van der Waals surface area contributed by atoms with Crippen molar-refractivity contribution in [3.05, 3.63) is 65.7 Å². The van der Waals surface area contributed by atoms with E-state index in [2.05, 4.69) is 5.32 Å². The molecule has 2 aromatic carbocycles. The Morgan fingerprint density at radius 2 is 1.59 bits per heavy atom. The predicted molar refractivity (Wildman–Crippen MR) is 133 cm³/mol. The minimum Gasteiger partial charge on any atom is -0.480 e. The van der Waals surface area contributed by atoms with Crippen molar-refractivity contribution in [3.63, 3.8) is 0 Å². The number of ether oxygens (including phenoxy) is 1. The lowest BCUT2D eigenvalue weighted by Gasteiger charge is -2.25. The molecular weight excluding hydrogens is 432 g/mol. The van der Waals surface area contributed by atoms with Gasteiger partial charge in [0.05, 0.1) is 0 Å². The zero-order valence-corrected chi connectivity index (χ0v) is 20.2. The fourth-order valence-corrected chi connectivity index (χ4v) is 3.77. The second-order valence-electron chi connectivity index (χ2n) is 8.40. The van der Waals surface area contributed by atoms with E-state index in [1.165, 1.54) is 0 Å². The number of carbonyl (C=O) groups is 3. The van der Waals surface area contributed by atoms with Gasteiger partial charge in [-0.05, 0) is 50.1 Å². The Morgan fingerprint density at radius 1 is 0.941 bits per heavy atom. The maximum Gasteiger partial charge on any atom is 0.325 e. The van der Waals surface area contributed by atoms with Crippen molar-refractivity contribution in [1.82, 2.24) is 4.90 Å². The fourth-order valence-electron chi connectivity index (χ4n) is 3.77. The number of carboxylic acid groups (broad SMARTS) is 1. The lowest BCUT2D eigenvalue weighted by Crippen LogP contribution is -2.30. The number of rotatable bonds is 16. The Hall–Kier alpha value is -3.03. The van der Waals surface area contributed by atoms with Crippen molar-refractivity contribution in [2.45, 2.75) is 58.0 Å². The molecule has 0 fully saturated rings. The van der Waals surface area contributed by atoms with Crippen LogP contribution in [-0.2, 0) is 25.7 Å². The van der Waals surface area contributed by atoms with Gasteiger partial charge in [-0.1, -0.05) is 55.3 Å².